The molecule has 2 heterocycles. The first-order valence-corrected chi connectivity index (χ1v) is 8.58. The van der Waals surface area contributed by atoms with Gasteiger partial charge < -0.3 is 20.0 Å². The SMILES string of the molecule is CN=C(NCC(=O)N(C)C)N1CCN(C(=O)C2CCCN2C)CC1.I. The molecule has 0 bridgehead atoms. The zero-order valence-corrected chi connectivity index (χ0v) is 18.0. The van der Waals surface area contributed by atoms with Crippen LogP contribution >= 0.6 is 24.0 Å². The van der Waals surface area contributed by atoms with Gasteiger partial charge in [0.2, 0.25) is 11.8 Å². The molecule has 8 nitrogen and oxygen atoms in total. The number of guanidine groups is 1. The molecule has 144 valence electrons. The first-order valence-electron chi connectivity index (χ1n) is 8.58. The van der Waals surface area contributed by atoms with Crippen LogP contribution in [0.25, 0.3) is 0 Å². The minimum absolute atomic E-state index is 0. The second-order valence-electron chi connectivity index (χ2n) is 6.64. The van der Waals surface area contributed by atoms with E-state index in [1.807, 2.05) is 11.9 Å². The first kappa shape index (κ1) is 21.9. The summed E-state index contributed by atoms with van der Waals surface area (Å²) in [4.78, 5) is 36.3. The van der Waals surface area contributed by atoms with Gasteiger partial charge in [0.05, 0.1) is 12.6 Å². The van der Waals surface area contributed by atoms with Crippen molar-refractivity contribution in [3.8, 4) is 0 Å². The van der Waals surface area contributed by atoms with Gasteiger partial charge in [0.15, 0.2) is 5.96 Å². The molecule has 2 fully saturated rings. The van der Waals surface area contributed by atoms with E-state index in [1.54, 1.807) is 26.0 Å². The maximum absolute atomic E-state index is 12.6. The van der Waals surface area contributed by atoms with E-state index in [0.29, 0.717) is 13.1 Å². The van der Waals surface area contributed by atoms with Crippen molar-refractivity contribution < 1.29 is 9.59 Å². The average molecular weight is 466 g/mol. The molecule has 0 saturated carbocycles. The van der Waals surface area contributed by atoms with Crippen molar-refractivity contribution >= 4 is 41.8 Å². The Hall–Kier alpha value is -1.10. The average Bonchev–Trinajstić information content (AvgIpc) is 3.01. The van der Waals surface area contributed by atoms with Gasteiger partial charge in [-0.15, -0.1) is 24.0 Å². The Balaban J connectivity index is 0.00000312. The molecule has 0 aromatic carbocycles. The highest BCUT2D eigenvalue weighted by Gasteiger charge is 2.33. The van der Waals surface area contributed by atoms with Crippen LogP contribution in [0.15, 0.2) is 4.99 Å². The second kappa shape index (κ2) is 10.1. The molecule has 2 rings (SSSR count). The lowest BCUT2D eigenvalue weighted by molar-refractivity contribution is -0.136. The molecule has 2 saturated heterocycles. The summed E-state index contributed by atoms with van der Waals surface area (Å²) in [7, 11) is 7.21. The largest absolute Gasteiger partial charge is 0.347 e. The molecule has 0 spiro atoms. The fourth-order valence-electron chi connectivity index (χ4n) is 3.22. The number of nitrogens with zero attached hydrogens (tertiary/aromatic N) is 5. The van der Waals surface area contributed by atoms with Gasteiger partial charge in [0, 0.05) is 47.3 Å². The highest BCUT2D eigenvalue weighted by Crippen LogP contribution is 2.18. The third-order valence-corrected chi connectivity index (χ3v) is 4.80. The molecular formula is C16H31IN6O2. The van der Waals surface area contributed by atoms with E-state index in [2.05, 4.69) is 20.1 Å². The number of amides is 2. The van der Waals surface area contributed by atoms with Gasteiger partial charge in [0.25, 0.3) is 0 Å². The smallest absolute Gasteiger partial charge is 0.241 e. The number of rotatable bonds is 3. The predicted octanol–water partition coefficient (Wildman–Crippen LogP) is -0.494. The number of carbonyl (C=O) groups excluding carboxylic acids is 2. The molecular weight excluding hydrogens is 435 g/mol. The van der Waals surface area contributed by atoms with Crippen molar-refractivity contribution in [2.45, 2.75) is 18.9 Å². The summed E-state index contributed by atoms with van der Waals surface area (Å²) < 4.78 is 0. The van der Waals surface area contributed by atoms with Crippen LogP contribution in [0.4, 0.5) is 0 Å². The van der Waals surface area contributed by atoms with E-state index >= 15 is 0 Å². The van der Waals surface area contributed by atoms with E-state index in [0.717, 1.165) is 38.4 Å². The van der Waals surface area contributed by atoms with E-state index in [-0.39, 0.29) is 48.4 Å². The van der Waals surface area contributed by atoms with Crippen LogP contribution in [0, 0.1) is 0 Å². The van der Waals surface area contributed by atoms with E-state index in [4.69, 9.17) is 0 Å². The molecule has 1 unspecified atom stereocenters. The second-order valence-corrected chi connectivity index (χ2v) is 6.64. The maximum atomic E-state index is 12.6. The minimum atomic E-state index is 0. The van der Waals surface area contributed by atoms with Crippen LogP contribution in [-0.2, 0) is 9.59 Å². The number of likely N-dealkylation sites (N-methyl/N-ethyl adjacent to an activating group) is 2. The normalized spacial score (nSPS) is 21.8. The monoisotopic (exact) mass is 466 g/mol. The number of hydrogen-bond acceptors (Lipinski definition) is 4. The zero-order chi connectivity index (χ0) is 17.7. The Morgan fingerprint density at radius 2 is 1.72 bits per heavy atom. The lowest BCUT2D eigenvalue weighted by atomic mass is 10.2. The molecule has 2 amide bonds. The van der Waals surface area contributed by atoms with Crippen LogP contribution in [-0.4, -0.2) is 111 Å². The van der Waals surface area contributed by atoms with Crippen molar-refractivity contribution in [3.05, 3.63) is 0 Å². The van der Waals surface area contributed by atoms with Crippen LogP contribution in [0.1, 0.15) is 12.8 Å². The fraction of sp³-hybridized carbons (Fsp3) is 0.812. The molecule has 1 atom stereocenters. The minimum Gasteiger partial charge on any atom is -0.347 e. The van der Waals surface area contributed by atoms with Crippen LogP contribution in [0.2, 0.25) is 0 Å². The van der Waals surface area contributed by atoms with Crippen molar-refractivity contribution in [1.29, 1.82) is 0 Å². The number of halogens is 1. The van der Waals surface area contributed by atoms with Crippen LogP contribution in [0.3, 0.4) is 0 Å². The van der Waals surface area contributed by atoms with Crippen molar-refractivity contribution in [1.82, 2.24) is 24.9 Å². The summed E-state index contributed by atoms with van der Waals surface area (Å²) in [5.41, 5.74) is 0. The topological polar surface area (TPSA) is 71.5 Å². The molecule has 0 aliphatic carbocycles. The van der Waals surface area contributed by atoms with Gasteiger partial charge in [-0.25, -0.2) is 0 Å². The van der Waals surface area contributed by atoms with E-state index in [9.17, 15) is 9.59 Å². The highest BCUT2D eigenvalue weighted by atomic mass is 127. The number of carbonyl (C=O) groups is 2. The van der Waals surface area contributed by atoms with Gasteiger partial charge in [-0.3, -0.25) is 19.5 Å². The Labute approximate surface area is 167 Å². The number of likely N-dealkylation sites (tertiary alicyclic amines) is 1. The standard InChI is InChI=1S/C16H30N6O2.HI/c1-17-16(18-12-14(23)19(2)3)22-10-8-21(9-11-22)15(24)13-6-5-7-20(13)4;/h13H,5-12H2,1-4H3,(H,17,18);1H. The molecule has 9 heteroatoms. The van der Waals surface area contributed by atoms with Gasteiger partial charge in [-0.05, 0) is 26.4 Å². The number of nitrogens with one attached hydrogen (secondary N) is 1. The molecule has 0 aromatic heterocycles. The molecule has 2 aliphatic heterocycles. The van der Waals surface area contributed by atoms with Crippen molar-refractivity contribution in [2.75, 3.05) is 67.5 Å². The van der Waals surface area contributed by atoms with Crippen molar-refractivity contribution in [3.63, 3.8) is 0 Å². The summed E-state index contributed by atoms with van der Waals surface area (Å²) in [6.07, 6.45) is 2.06. The number of piperazine rings is 1. The maximum Gasteiger partial charge on any atom is 0.241 e. The Morgan fingerprint density at radius 3 is 2.20 bits per heavy atom. The number of hydrogen-bond donors (Lipinski definition) is 1. The quantitative estimate of drug-likeness (QED) is 0.345. The van der Waals surface area contributed by atoms with E-state index < -0.39 is 0 Å². The fourth-order valence-corrected chi connectivity index (χ4v) is 3.22. The van der Waals surface area contributed by atoms with Gasteiger partial charge in [-0.2, -0.15) is 0 Å². The first-order chi connectivity index (χ1) is 11.4. The van der Waals surface area contributed by atoms with Gasteiger partial charge in [-0.1, -0.05) is 0 Å². The van der Waals surface area contributed by atoms with Crippen molar-refractivity contribution in [2.24, 2.45) is 4.99 Å². The Morgan fingerprint density at radius 1 is 1.12 bits per heavy atom. The predicted molar refractivity (Wildman–Crippen MR) is 109 cm³/mol. The summed E-state index contributed by atoms with van der Waals surface area (Å²) >= 11 is 0. The van der Waals surface area contributed by atoms with Gasteiger partial charge in [0.1, 0.15) is 0 Å². The number of aliphatic imine (C=N–C) groups is 1. The molecule has 2 aliphatic rings. The summed E-state index contributed by atoms with van der Waals surface area (Å²) in [6.45, 7) is 4.10. The molecule has 1 N–H and O–H groups in total. The van der Waals surface area contributed by atoms with E-state index in [1.165, 1.54) is 0 Å². The summed E-state index contributed by atoms with van der Waals surface area (Å²) in [6, 6.07) is 0.0479. The molecule has 0 aromatic rings. The summed E-state index contributed by atoms with van der Waals surface area (Å²) in [5, 5.41) is 3.10. The van der Waals surface area contributed by atoms with Gasteiger partial charge >= 0.3 is 0 Å². The summed E-state index contributed by atoms with van der Waals surface area (Å²) in [5.74, 6) is 0.977. The lowest BCUT2D eigenvalue weighted by Crippen LogP contribution is -2.56. The van der Waals surface area contributed by atoms with Crippen LogP contribution < -0.4 is 5.32 Å². The molecule has 0 radical (unpaired) electrons. The third kappa shape index (κ3) is 5.70. The third-order valence-electron chi connectivity index (χ3n) is 4.80. The Kier molecular flexibility index (Phi) is 8.91. The van der Waals surface area contributed by atoms with Crippen LogP contribution in [0.5, 0.6) is 0 Å². The lowest BCUT2D eigenvalue weighted by Gasteiger charge is -2.38. The zero-order valence-electron chi connectivity index (χ0n) is 15.7. The highest BCUT2D eigenvalue weighted by molar-refractivity contribution is 14.0. The molecule has 25 heavy (non-hydrogen) atoms. The Bertz CT molecular complexity index is 491.